The van der Waals surface area contributed by atoms with Gasteiger partial charge in [0, 0.05) is 0 Å². The Labute approximate surface area is 61.6 Å². The van der Waals surface area contributed by atoms with Crippen molar-refractivity contribution in [3.63, 3.8) is 0 Å². The van der Waals surface area contributed by atoms with E-state index in [-0.39, 0.29) is 0 Å². The van der Waals surface area contributed by atoms with Crippen LogP contribution in [-0.2, 0) is 9.59 Å². The van der Waals surface area contributed by atoms with E-state index in [2.05, 4.69) is 6.92 Å². The molecule has 2 radical (unpaired) electrons. The third kappa shape index (κ3) is 4.24. The molecular weight excluding hydrogens is 128 g/mol. The molecule has 56 valence electrons. The molecule has 10 heavy (non-hydrogen) atoms. The van der Waals surface area contributed by atoms with E-state index in [1.54, 1.807) is 12.6 Å². The van der Waals surface area contributed by atoms with Crippen LogP contribution in [0.1, 0.15) is 32.6 Å². The first-order chi connectivity index (χ1) is 4.85. The first-order valence-corrected chi connectivity index (χ1v) is 3.60. The van der Waals surface area contributed by atoms with E-state index >= 15 is 0 Å². The van der Waals surface area contributed by atoms with E-state index in [1.165, 1.54) is 0 Å². The summed E-state index contributed by atoms with van der Waals surface area (Å²) < 4.78 is 0. The van der Waals surface area contributed by atoms with Crippen molar-refractivity contribution in [3.05, 3.63) is 0 Å². The van der Waals surface area contributed by atoms with Gasteiger partial charge in [-0.25, -0.2) is 0 Å². The first-order valence-electron chi connectivity index (χ1n) is 3.60. The molecular formula is C8H12O2. The lowest BCUT2D eigenvalue weighted by Crippen LogP contribution is -2.02. The van der Waals surface area contributed by atoms with Gasteiger partial charge in [0.25, 0.3) is 0 Å². The molecule has 0 aromatic heterocycles. The third-order valence-corrected chi connectivity index (χ3v) is 1.38. The van der Waals surface area contributed by atoms with Gasteiger partial charge < -0.3 is 0 Å². The van der Waals surface area contributed by atoms with Crippen molar-refractivity contribution < 1.29 is 9.59 Å². The smallest absolute Gasteiger partial charge is 0.210 e. The molecule has 0 bridgehead atoms. The Morgan fingerprint density at radius 1 is 1.20 bits per heavy atom. The Hall–Kier alpha value is -0.660. The van der Waals surface area contributed by atoms with Crippen molar-refractivity contribution in [3.8, 4) is 0 Å². The molecule has 0 rings (SSSR count). The second-order valence-corrected chi connectivity index (χ2v) is 2.28. The molecule has 0 spiro atoms. The van der Waals surface area contributed by atoms with Gasteiger partial charge in [-0.1, -0.05) is 26.2 Å². The van der Waals surface area contributed by atoms with Crippen LogP contribution in [-0.4, -0.2) is 12.6 Å². The van der Waals surface area contributed by atoms with E-state index in [1.807, 2.05) is 0 Å². The predicted molar refractivity (Wildman–Crippen MR) is 39.0 cm³/mol. The molecule has 0 aliphatic carbocycles. The van der Waals surface area contributed by atoms with Gasteiger partial charge in [0.15, 0.2) is 0 Å². The zero-order chi connectivity index (χ0) is 7.82. The minimum atomic E-state index is -0.605. The molecule has 0 amide bonds. The second-order valence-electron chi connectivity index (χ2n) is 2.28. The van der Waals surface area contributed by atoms with Crippen LogP contribution in [0.3, 0.4) is 0 Å². The van der Waals surface area contributed by atoms with Crippen LogP contribution in [0, 0.1) is 5.92 Å². The summed E-state index contributed by atoms with van der Waals surface area (Å²) in [5.41, 5.74) is 0. The molecule has 0 aliphatic heterocycles. The Kier molecular flexibility index (Phi) is 6.03. The molecule has 0 N–H and O–H groups in total. The molecule has 0 unspecified atom stereocenters. The summed E-state index contributed by atoms with van der Waals surface area (Å²) in [6.45, 7) is 2.07. The summed E-state index contributed by atoms with van der Waals surface area (Å²) in [6, 6.07) is 0. The van der Waals surface area contributed by atoms with Gasteiger partial charge in [0.2, 0.25) is 12.6 Å². The van der Waals surface area contributed by atoms with Crippen LogP contribution in [0.5, 0.6) is 0 Å². The van der Waals surface area contributed by atoms with E-state index in [0.717, 1.165) is 19.3 Å². The van der Waals surface area contributed by atoms with Crippen LogP contribution < -0.4 is 0 Å². The fraction of sp³-hybridized carbons (Fsp3) is 0.750. The summed E-state index contributed by atoms with van der Waals surface area (Å²) in [6.07, 6.45) is 6.98. The molecule has 0 aliphatic rings. The molecule has 0 saturated carbocycles. The average Bonchev–Trinajstić information content (AvgIpc) is 1.99. The number of hydrogen-bond acceptors (Lipinski definition) is 2. The van der Waals surface area contributed by atoms with E-state index < -0.39 is 5.92 Å². The fourth-order valence-electron chi connectivity index (χ4n) is 0.740. The highest BCUT2D eigenvalue weighted by Crippen LogP contribution is 2.04. The fourth-order valence-corrected chi connectivity index (χ4v) is 0.740. The number of carbonyl (C=O) groups excluding carboxylic acids is 2. The molecule has 0 heterocycles. The highest BCUT2D eigenvalue weighted by atomic mass is 16.1. The lowest BCUT2D eigenvalue weighted by molar-refractivity contribution is 0.502. The van der Waals surface area contributed by atoms with Crippen LogP contribution in [0.25, 0.3) is 0 Å². The van der Waals surface area contributed by atoms with Gasteiger partial charge in [-0.15, -0.1) is 0 Å². The standard InChI is InChI=1S/C8H12O2/c1-2-3-4-5-8(6-9)7-10/h8H,2-5H2,1H3. The third-order valence-electron chi connectivity index (χ3n) is 1.38. The minimum Gasteiger partial charge on any atom is -0.290 e. The van der Waals surface area contributed by atoms with E-state index in [9.17, 15) is 9.59 Å². The summed E-state index contributed by atoms with van der Waals surface area (Å²) in [4.78, 5) is 19.9. The number of rotatable bonds is 6. The Balaban J connectivity index is 3.25. The van der Waals surface area contributed by atoms with E-state index in [4.69, 9.17) is 0 Å². The van der Waals surface area contributed by atoms with Crippen molar-refractivity contribution in [2.24, 2.45) is 5.92 Å². The van der Waals surface area contributed by atoms with Crippen molar-refractivity contribution in [1.82, 2.24) is 0 Å². The number of unbranched alkanes of at least 4 members (excludes halogenated alkanes) is 2. The summed E-state index contributed by atoms with van der Waals surface area (Å²) in [5.74, 6) is -0.605. The lowest BCUT2D eigenvalue weighted by Gasteiger charge is -1.97. The first kappa shape index (κ1) is 9.34. The maximum absolute atomic E-state index is 9.94. The zero-order valence-electron chi connectivity index (χ0n) is 6.22. The van der Waals surface area contributed by atoms with Crippen molar-refractivity contribution in [2.75, 3.05) is 0 Å². The number of hydrogen-bond donors (Lipinski definition) is 0. The Bertz CT molecular complexity index is 91.4. The Morgan fingerprint density at radius 3 is 2.20 bits per heavy atom. The van der Waals surface area contributed by atoms with Crippen molar-refractivity contribution in [2.45, 2.75) is 32.6 Å². The van der Waals surface area contributed by atoms with Gasteiger partial charge in [-0.05, 0) is 6.42 Å². The predicted octanol–water partition coefficient (Wildman–Crippen LogP) is 1.40. The summed E-state index contributed by atoms with van der Waals surface area (Å²) in [7, 11) is 0. The van der Waals surface area contributed by atoms with Gasteiger partial charge in [0.1, 0.15) is 0 Å². The van der Waals surface area contributed by atoms with Gasteiger partial charge >= 0.3 is 0 Å². The lowest BCUT2D eigenvalue weighted by atomic mass is 10.0. The molecule has 2 nitrogen and oxygen atoms in total. The van der Waals surface area contributed by atoms with Gasteiger partial charge in [0.05, 0.1) is 5.92 Å². The van der Waals surface area contributed by atoms with Gasteiger partial charge in [-0.3, -0.25) is 9.59 Å². The highest BCUT2D eigenvalue weighted by molar-refractivity contribution is 5.77. The van der Waals surface area contributed by atoms with Crippen molar-refractivity contribution >= 4 is 12.6 Å². The van der Waals surface area contributed by atoms with Crippen LogP contribution in [0.4, 0.5) is 0 Å². The quantitative estimate of drug-likeness (QED) is 0.413. The van der Waals surface area contributed by atoms with Gasteiger partial charge in [-0.2, -0.15) is 0 Å². The van der Waals surface area contributed by atoms with Crippen molar-refractivity contribution in [1.29, 1.82) is 0 Å². The molecule has 0 aromatic carbocycles. The molecule has 2 heteroatoms. The zero-order valence-corrected chi connectivity index (χ0v) is 6.22. The molecule has 0 fully saturated rings. The van der Waals surface area contributed by atoms with Crippen LogP contribution >= 0.6 is 0 Å². The SMILES string of the molecule is CCCCCC([C]=O)[C]=O. The molecule has 0 aromatic rings. The normalized spacial score (nSPS) is 9.80. The molecule has 0 saturated heterocycles. The minimum absolute atomic E-state index is 0.605. The van der Waals surface area contributed by atoms with Crippen LogP contribution in [0.2, 0.25) is 0 Å². The monoisotopic (exact) mass is 140 g/mol. The largest absolute Gasteiger partial charge is 0.290 e. The summed E-state index contributed by atoms with van der Waals surface area (Å²) in [5, 5.41) is 0. The highest BCUT2D eigenvalue weighted by Gasteiger charge is 2.05. The Morgan fingerprint density at radius 2 is 1.80 bits per heavy atom. The topological polar surface area (TPSA) is 34.1 Å². The molecule has 0 atom stereocenters. The van der Waals surface area contributed by atoms with Crippen LogP contribution in [0.15, 0.2) is 0 Å². The maximum atomic E-state index is 9.94. The average molecular weight is 140 g/mol. The maximum Gasteiger partial charge on any atom is 0.210 e. The van der Waals surface area contributed by atoms with E-state index in [0.29, 0.717) is 6.42 Å². The summed E-state index contributed by atoms with van der Waals surface area (Å²) >= 11 is 0. The second kappa shape index (κ2) is 6.46.